The molecule has 0 radical (unpaired) electrons. The van der Waals surface area contributed by atoms with Crippen LogP contribution in [0.2, 0.25) is 0 Å². The fourth-order valence-electron chi connectivity index (χ4n) is 7.68. The van der Waals surface area contributed by atoms with Crippen LogP contribution in [0, 0.1) is 34.0 Å². The van der Waals surface area contributed by atoms with Crippen molar-refractivity contribution in [3.8, 4) is 0 Å². The molecule has 0 aliphatic heterocycles. The first-order valence-corrected chi connectivity index (χ1v) is 11.0. The molecule has 150 valence electrons. The number of rotatable bonds is 2. The summed E-state index contributed by atoms with van der Waals surface area (Å²) in [5.74, 6) is 1.69. The van der Waals surface area contributed by atoms with E-state index in [0.717, 1.165) is 49.0 Å². The van der Waals surface area contributed by atoms with Gasteiger partial charge in [0.2, 0.25) is 0 Å². The highest BCUT2D eigenvalue weighted by Gasteiger charge is 2.63. The fourth-order valence-corrected chi connectivity index (χ4v) is 8.04. The van der Waals surface area contributed by atoms with Crippen LogP contribution in [0.3, 0.4) is 0 Å². The molecule has 7 atom stereocenters. The number of halogens is 1. The Balaban J connectivity index is 1.61. The van der Waals surface area contributed by atoms with Crippen molar-refractivity contribution in [2.45, 2.75) is 85.2 Å². The second-order valence-corrected chi connectivity index (χ2v) is 10.9. The standard InChI is InChI=1S/C23H33ClO3/c1-14(26)27-16-5-10-23(4)18-7-9-22(3)19(11-15(13-25)20(22)24)17(18)6-8-21(23,2)12-16/h13,16-19H,5-12H2,1-4H3. The van der Waals surface area contributed by atoms with Crippen molar-refractivity contribution in [2.75, 3.05) is 0 Å². The Kier molecular flexibility index (Phi) is 4.57. The van der Waals surface area contributed by atoms with Gasteiger partial charge in [0.25, 0.3) is 0 Å². The van der Waals surface area contributed by atoms with Crippen molar-refractivity contribution in [2.24, 2.45) is 34.0 Å². The minimum absolute atomic E-state index is 0.00197. The van der Waals surface area contributed by atoms with Gasteiger partial charge in [-0.1, -0.05) is 32.4 Å². The summed E-state index contributed by atoms with van der Waals surface area (Å²) < 4.78 is 5.61. The van der Waals surface area contributed by atoms with Crippen LogP contribution < -0.4 is 0 Å². The van der Waals surface area contributed by atoms with Crippen molar-refractivity contribution in [1.29, 1.82) is 0 Å². The number of fused-ring (bicyclic) bond motifs is 5. The van der Waals surface area contributed by atoms with E-state index in [1.165, 1.54) is 26.2 Å². The molecule has 4 heteroatoms. The molecule has 4 rings (SSSR count). The van der Waals surface area contributed by atoms with Gasteiger partial charge in [-0.3, -0.25) is 9.59 Å². The van der Waals surface area contributed by atoms with Gasteiger partial charge in [-0.05, 0) is 80.0 Å². The van der Waals surface area contributed by atoms with Gasteiger partial charge in [0.1, 0.15) is 12.4 Å². The Morgan fingerprint density at radius 2 is 1.85 bits per heavy atom. The van der Waals surface area contributed by atoms with Crippen LogP contribution in [-0.4, -0.2) is 18.4 Å². The van der Waals surface area contributed by atoms with E-state index in [4.69, 9.17) is 16.3 Å². The topological polar surface area (TPSA) is 43.4 Å². The van der Waals surface area contributed by atoms with Crippen LogP contribution in [0.1, 0.15) is 79.1 Å². The highest BCUT2D eigenvalue weighted by atomic mass is 35.5. The Morgan fingerprint density at radius 1 is 1.11 bits per heavy atom. The SMILES string of the molecule is CC(=O)OC1CCC2(C)C3CCC4(C)C(Cl)=C(C=O)CC4C3CCC2(C)C1. The lowest BCUT2D eigenvalue weighted by atomic mass is 9.40. The van der Waals surface area contributed by atoms with E-state index in [1.54, 1.807) is 0 Å². The monoisotopic (exact) mass is 392 g/mol. The van der Waals surface area contributed by atoms with Crippen LogP contribution in [-0.2, 0) is 14.3 Å². The van der Waals surface area contributed by atoms with E-state index in [-0.39, 0.29) is 28.3 Å². The highest BCUT2D eigenvalue weighted by molar-refractivity contribution is 6.32. The smallest absolute Gasteiger partial charge is 0.302 e. The van der Waals surface area contributed by atoms with Crippen LogP contribution in [0.15, 0.2) is 10.6 Å². The Labute approximate surface area is 168 Å². The minimum Gasteiger partial charge on any atom is -0.463 e. The predicted molar refractivity (Wildman–Crippen MR) is 106 cm³/mol. The minimum atomic E-state index is -0.151. The molecule has 0 heterocycles. The van der Waals surface area contributed by atoms with E-state index in [9.17, 15) is 9.59 Å². The lowest BCUT2D eigenvalue weighted by molar-refractivity contribution is -0.179. The summed E-state index contributed by atoms with van der Waals surface area (Å²) in [4.78, 5) is 23.0. The summed E-state index contributed by atoms with van der Waals surface area (Å²) in [6.45, 7) is 8.75. The maximum absolute atomic E-state index is 11.5. The molecule has 7 unspecified atom stereocenters. The van der Waals surface area contributed by atoms with E-state index >= 15 is 0 Å². The van der Waals surface area contributed by atoms with Crippen LogP contribution in [0.5, 0.6) is 0 Å². The Hall–Kier alpha value is -0.830. The molecular weight excluding hydrogens is 360 g/mol. The summed E-state index contributed by atoms with van der Waals surface area (Å²) in [5, 5.41) is 0.845. The lowest BCUT2D eigenvalue weighted by Gasteiger charge is -2.65. The number of aldehydes is 1. The zero-order valence-electron chi connectivity index (χ0n) is 17.1. The molecule has 0 spiro atoms. The number of hydrogen-bond donors (Lipinski definition) is 0. The maximum atomic E-state index is 11.5. The zero-order chi connectivity index (χ0) is 19.6. The van der Waals surface area contributed by atoms with Crippen LogP contribution >= 0.6 is 11.6 Å². The molecule has 3 nitrogen and oxygen atoms in total. The summed E-state index contributed by atoms with van der Waals surface area (Å²) in [6.07, 6.45) is 9.73. The second kappa shape index (κ2) is 6.34. The van der Waals surface area contributed by atoms with Crippen molar-refractivity contribution >= 4 is 23.9 Å². The fraction of sp³-hybridized carbons (Fsp3) is 0.826. The molecular formula is C23H33ClO3. The number of esters is 1. The van der Waals surface area contributed by atoms with Gasteiger partial charge in [0.05, 0.1) is 0 Å². The molecule has 0 amide bonds. The van der Waals surface area contributed by atoms with E-state index in [0.29, 0.717) is 17.8 Å². The summed E-state index contributed by atoms with van der Waals surface area (Å²) >= 11 is 6.69. The van der Waals surface area contributed by atoms with E-state index in [2.05, 4.69) is 20.8 Å². The summed E-state index contributed by atoms with van der Waals surface area (Å²) in [6, 6.07) is 0. The Bertz CT molecular complexity index is 700. The molecule has 3 saturated carbocycles. The molecule has 0 N–H and O–H groups in total. The predicted octanol–water partition coefficient (Wildman–Crippen LogP) is 5.65. The number of ether oxygens (including phenoxy) is 1. The third-order valence-electron chi connectivity index (χ3n) is 9.42. The van der Waals surface area contributed by atoms with Crippen molar-refractivity contribution in [1.82, 2.24) is 0 Å². The number of allylic oxidation sites excluding steroid dienone is 2. The lowest BCUT2D eigenvalue weighted by Crippen LogP contribution is -2.58. The molecule has 0 aromatic carbocycles. The number of carbonyl (C=O) groups excluding carboxylic acids is 2. The number of carbonyl (C=O) groups is 2. The average molecular weight is 393 g/mol. The third-order valence-corrected chi connectivity index (χ3v) is 10.1. The molecule has 3 fully saturated rings. The highest BCUT2D eigenvalue weighted by Crippen LogP contribution is 2.70. The van der Waals surface area contributed by atoms with Gasteiger partial charge in [0.15, 0.2) is 0 Å². The molecule has 0 aromatic heterocycles. The quantitative estimate of drug-likeness (QED) is 0.450. The number of hydrogen-bond acceptors (Lipinski definition) is 3. The summed E-state index contributed by atoms with van der Waals surface area (Å²) in [5.41, 5.74) is 1.35. The first-order chi connectivity index (χ1) is 12.6. The van der Waals surface area contributed by atoms with Gasteiger partial charge < -0.3 is 4.74 Å². The van der Waals surface area contributed by atoms with E-state index in [1.807, 2.05) is 0 Å². The molecule has 4 aliphatic rings. The summed E-state index contributed by atoms with van der Waals surface area (Å²) in [7, 11) is 0. The van der Waals surface area contributed by atoms with Crippen molar-refractivity contribution in [3.63, 3.8) is 0 Å². The molecule has 0 bridgehead atoms. The Morgan fingerprint density at radius 3 is 2.52 bits per heavy atom. The largest absolute Gasteiger partial charge is 0.463 e. The second-order valence-electron chi connectivity index (χ2n) is 10.5. The van der Waals surface area contributed by atoms with Gasteiger partial charge >= 0.3 is 5.97 Å². The van der Waals surface area contributed by atoms with Gasteiger partial charge in [-0.2, -0.15) is 0 Å². The van der Waals surface area contributed by atoms with Gasteiger partial charge in [0, 0.05) is 22.9 Å². The first-order valence-electron chi connectivity index (χ1n) is 10.7. The van der Waals surface area contributed by atoms with Crippen molar-refractivity contribution < 1.29 is 14.3 Å². The first kappa shape index (κ1) is 19.5. The maximum Gasteiger partial charge on any atom is 0.302 e. The van der Waals surface area contributed by atoms with Crippen LogP contribution in [0.4, 0.5) is 0 Å². The molecule has 27 heavy (non-hydrogen) atoms. The molecule has 0 aromatic rings. The normalized spacial score (nSPS) is 49.1. The molecule has 4 aliphatic carbocycles. The van der Waals surface area contributed by atoms with Gasteiger partial charge in [-0.15, -0.1) is 0 Å². The third kappa shape index (κ3) is 2.67. The van der Waals surface area contributed by atoms with Crippen LogP contribution in [0.25, 0.3) is 0 Å². The average Bonchev–Trinajstić information content (AvgIpc) is 2.86. The molecule has 0 saturated heterocycles. The zero-order valence-corrected chi connectivity index (χ0v) is 17.9. The van der Waals surface area contributed by atoms with Gasteiger partial charge in [-0.25, -0.2) is 0 Å². The van der Waals surface area contributed by atoms with Crippen molar-refractivity contribution in [3.05, 3.63) is 10.6 Å². The van der Waals surface area contributed by atoms with E-state index < -0.39 is 0 Å².